The zero-order valence-electron chi connectivity index (χ0n) is 14.9. The first-order valence-corrected chi connectivity index (χ1v) is 9.37. The molecule has 1 amide bonds. The number of anilines is 1. The Hall–Kier alpha value is -3.31. The Morgan fingerprint density at radius 2 is 1.46 bits per heavy atom. The summed E-state index contributed by atoms with van der Waals surface area (Å²) in [5, 5.41) is 2.82. The van der Waals surface area contributed by atoms with Crippen molar-refractivity contribution in [1.29, 1.82) is 0 Å². The number of carbonyl (C=O) groups is 2. The maximum absolute atomic E-state index is 12.3. The molecule has 0 saturated heterocycles. The van der Waals surface area contributed by atoms with E-state index < -0.39 is 0 Å². The summed E-state index contributed by atoms with van der Waals surface area (Å²) in [4.78, 5) is 28.5. The second kappa shape index (κ2) is 9.58. The number of pyridine rings is 1. The molecule has 1 heterocycles. The first kappa shape index (κ1) is 19.5. The van der Waals surface area contributed by atoms with Gasteiger partial charge in [-0.25, -0.2) is 0 Å². The molecule has 0 saturated carbocycles. The van der Waals surface area contributed by atoms with Crippen molar-refractivity contribution in [2.45, 2.75) is 0 Å². The van der Waals surface area contributed by atoms with Crippen LogP contribution in [0, 0.1) is 0 Å². The molecule has 3 aromatic rings. The topological polar surface area (TPSA) is 59.1 Å². The third kappa shape index (κ3) is 5.59. The molecule has 0 spiro atoms. The number of ketones is 1. The van der Waals surface area contributed by atoms with Gasteiger partial charge in [-0.15, -0.1) is 0 Å². The molecule has 0 aliphatic rings. The highest BCUT2D eigenvalue weighted by atomic mass is 79.9. The maximum atomic E-state index is 12.3. The predicted molar refractivity (Wildman–Crippen MR) is 115 cm³/mol. The quantitative estimate of drug-likeness (QED) is 0.315. The van der Waals surface area contributed by atoms with Crippen molar-refractivity contribution in [1.82, 2.24) is 4.98 Å². The summed E-state index contributed by atoms with van der Waals surface area (Å²) in [6.45, 7) is 0. The lowest BCUT2D eigenvalue weighted by atomic mass is 10.1. The van der Waals surface area contributed by atoms with Gasteiger partial charge in [0.15, 0.2) is 5.78 Å². The summed E-state index contributed by atoms with van der Waals surface area (Å²) in [7, 11) is 0. The van der Waals surface area contributed by atoms with Crippen molar-refractivity contribution in [3.05, 3.63) is 112 Å². The summed E-state index contributed by atoms with van der Waals surface area (Å²) in [5.41, 5.74) is 2.72. The Kier molecular flexibility index (Phi) is 6.65. The van der Waals surface area contributed by atoms with E-state index in [1.807, 2.05) is 42.5 Å². The van der Waals surface area contributed by atoms with Gasteiger partial charge in [-0.2, -0.15) is 0 Å². The van der Waals surface area contributed by atoms with E-state index in [0.717, 1.165) is 10.0 Å². The van der Waals surface area contributed by atoms with E-state index in [0.29, 0.717) is 16.8 Å². The smallest absolute Gasteiger partial charge is 0.255 e. The van der Waals surface area contributed by atoms with Gasteiger partial charge in [-0.1, -0.05) is 46.3 Å². The average Bonchev–Trinajstić information content (AvgIpc) is 2.73. The first-order valence-electron chi connectivity index (χ1n) is 8.58. The Bertz CT molecular complexity index is 1010. The molecule has 0 atom stereocenters. The van der Waals surface area contributed by atoms with Crippen molar-refractivity contribution in [2.75, 3.05) is 5.32 Å². The summed E-state index contributed by atoms with van der Waals surface area (Å²) in [6.07, 6.45) is 10.3. The first-order chi connectivity index (χ1) is 13.6. The number of benzene rings is 2. The van der Waals surface area contributed by atoms with Crippen LogP contribution in [0.25, 0.3) is 6.08 Å². The van der Waals surface area contributed by atoms with Gasteiger partial charge in [0.25, 0.3) is 5.91 Å². The zero-order valence-corrected chi connectivity index (χ0v) is 16.5. The minimum atomic E-state index is -0.225. The van der Waals surface area contributed by atoms with E-state index in [1.54, 1.807) is 48.8 Å². The highest BCUT2D eigenvalue weighted by Crippen LogP contribution is 2.15. The minimum absolute atomic E-state index is 0.126. The van der Waals surface area contributed by atoms with Crippen molar-refractivity contribution in [3.63, 3.8) is 0 Å². The average molecular weight is 433 g/mol. The molecule has 138 valence electrons. The van der Waals surface area contributed by atoms with Gasteiger partial charge in [-0.05, 0) is 60.2 Å². The fourth-order valence-corrected chi connectivity index (χ4v) is 2.67. The molecule has 0 aliphatic carbocycles. The SMILES string of the molecule is O=C(/C=C/C=C/c1ccncc1)c1ccc(C(=O)Nc2ccc(Br)cc2)cc1. The van der Waals surface area contributed by atoms with Crippen molar-refractivity contribution >= 4 is 39.4 Å². The summed E-state index contributed by atoms with van der Waals surface area (Å²) < 4.78 is 0.942. The number of amides is 1. The van der Waals surface area contributed by atoms with Gasteiger partial charge < -0.3 is 5.32 Å². The molecule has 0 bridgehead atoms. The maximum Gasteiger partial charge on any atom is 0.255 e. The molecule has 4 nitrogen and oxygen atoms in total. The van der Waals surface area contributed by atoms with E-state index in [4.69, 9.17) is 0 Å². The van der Waals surface area contributed by atoms with E-state index in [2.05, 4.69) is 26.2 Å². The van der Waals surface area contributed by atoms with Crippen LogP contribution in [0.2, 0.25) is 0 Å². The van der Waals surface area contributed by atoms with Gasteiger partial charge >= 0.3 is 0 Å². The Morgan fingerprint density at radius 1 is 0.821 bits per heavy atom. The number of carbonyl (C=O) groups excluding carboxylic acids is 2. The number of nitrogens with one attached hydrogen (secondary N) is 1. The molecule has 0 aliphatic heterocycles. The van der Waals surface area contributed by atoms with Gasteiger partial charge in [0.2, 0.25) is 0 Å². The molecule has 2 aromatic carbocycles. The Balaban J connectivity index is 1.59. The Morgan fingerprint density at radius 3 is 2.14 bits per heavy atom. The second-order valence-electron chi connectivity index (χ2n) is 5.90. The van der Waals surface area contributed by atoms with Gasteiger partial charge in [0.1, 0.15) is 0 Å². The van der Waals surface area contributed by atoms with Crippen LogP contribution < -0.4 is 5.32 Å². The lowest BCUT2D eigenvalue weighted by Crippen LogP contribution is -2.11. The van der Waals surface area contributed by atoms with Crippen LogP contribution in [0.1, 0.15) is 26.3 Å². The predicted octanol–water partition coefficient (Wildman–Crippen LogP) is 5.55. The number of rotatable bonds is 6. The zero-order chi connectivity index (χ0) is 19.8. The molecule has 0 fully saturated rings. The number of hydrogen-bond donors (Lipinski definition) is 1. The number of aromatic nitrogens is 1. The molecule has 1 aromatic heterocycles. The third-order valence-electron chi connectivity index (χ3n) is 3.89. The standard InChI is InChI=1S/C23H17BrN2O2/c24-20-9-11-21(12-10-20)26-23(28)19-7-5-18(6-8-19)22(27)4-2-1-3-17-13-15-25-16-14-17/h1-16H,(H,26,28)/b3-1+,4-2+. The third-order valence-corrected chi connectivity index (χ3v) is 4.42. The highest BCUT2D eigenvalue weighted by Gasteiger charge is 2.08. The molecule has 28 heavy (non-hydrogen) atoms. The van der Waals surface area contributed by atoms with Crippen LogP contribution in [0.5, 0.6) is 0 Å². The Labute approximate surface area is 171 Å². The molecule has 5 heteroatoms. The normalized spacial score (nSPS) is 11.0. The molecule has 1 N–H and O–H groups in total. The fraction of sp³-hybridized carbons (Fsp3) is 0. The van der Waals surface area contributed by atoms with Crippen LogP contribution in [0.4, 0.5) is 5.69 Å². The lowest BCUT2D eigenvalue weighted by Gasteiger charge is -2.06. The van der Waals surface area contributed by atoms with Crippen LogP contribution in [0.15, 0.2) is 95.8 Å². The van der Waals surface area contributed by atoms with Gasteiger partial charge in [-0.3, -0.25) is 14.6 Å². The molecule has 3 rings (SSSR count). The molecule has 0 unspecified atom stereocenters. The lowest BCUT2D eigenvalue weighted by molar-refractivity contribution is 0.102. The van der Waals surface area contributed by atoms with E-state index in [1.165, 1.54) is 6.08 Å². The minimum Gasteiger partial charge on any atom is -0.322 e. The van der Waals surface area contributed by atoms with Crippen LogP contribution >= 0.6 is 15.9 Å². The van der Waals surface area contributed by atoms with Crippen molar-refractivity contribution in [3.8, 4) is 0 Å². The molecular formula is C23H17BrN2O2. The van der Waals surface area contributed by atoms with E-state index in [9.17, 15) is 9.59 Å². The highest BCUT2D eigenvalue weighted by molar-refractivity contribution is 9.10. The fourth-order valence-electron chi connectivity index (χ4n) is 2.40. The molecule has 0 radical (unpaired) electrons. The molecular weight excluding hydrogens is 416 g/mol. The van der Waals surface area contributed by atoms with Gasteiger partial charge in [0, 0.05) is 33.7 Å². The second-order valence-corrected chi connectivity index (χ2v) is 6.82. The van der Waals surface area contributed by atoms with Crippen LogP contribution in [-0.2, 0) is 0 Å². The number of hydrogen-bond acceptors (Lipinski definition) is 3. The largest absolute Gasteiger partial charge is 0.322 e. The van der Waals surface area contributed by atoms with E-state index >= 15 is 0 Å². The number of halogens is 1. The number of nitrogens with zero attached hydrogens (tertiary/aromatic N) is 1. The van der Waals surface area contributed by atoms with Crippen LogP contribution in [0.3, 0.4) is 0 Å². The number of allylic oxidation sites excluding steroid dienone is 3. The van der Waals surface area contributed by atoms with E-state index in [-0.39, 0.29) is 11.7 Å². The van der Waals surface area contributed by atoms with Crippen LogP contribution in [-0.4, -0.2) is 16.7 Å². The monoisotopic (exact) mass is 432 g/mol. The van der Waals surface area contributed by atoms with Crippen molar-refractivity contribution in [2.24, 2.45) is 0 Å². The van der Waals surface area contributed by atoms with Gasteiger partial charge in [0.05, 0.1) is 0 Å². The summed E-state index contributed by atoms with van der Waals surface area (Å²) in [6, 6.07) is 17.7. The van der Waals surface area contributed by atoms with Crippen molar-refractivity contribution < 1.29 is 9.59 Å². The summed E-state index contributed by atoms with van der Waals surface area (Å²) in [5.74, 6) is -0.351. The summed E-state index contributed by atoms with van der Waals surface area (Å²) >= 11 is 3.36.